The fraction of sp³-hybridized carbons (Fsp3) is 0.500. The minimum atomic E-state index is -1.11. The lowest BCUT2D eigenvalue weighted by molar-refractivity contribution is 0.186. The highest BCUT2D eigenvalue weighted by atomic mass is 19.1. The lowest BCUT2D eigenvalue weighted by atomic mass is 9.63. The van der Waals surface area contributed by atoms with Gasteiger partial charge in [-0.05, 0) is 63.3 Å². The molecule has 1 saturated carbocycles. The number of nitriles is 1. The summed E-state index contributed by atoms with van der Waals surface area (Å²) in [6.45, 7) is 2.93. The summed E-state index contributed by atoms with van der Waals surface area (Å²) in [6, 6.07) is 16.8. The topological polar surface area (TPSA) is 27.0 Å². The molecule has 0 saturated heterocycles. The number of nitrogens with zero attached hydrogens (tertiary/aromatic N) is 2. The molecule has 0 spiro atoms. The van der Waals surface area contributed by atoms with E-state index in [0.29, 0.717) is 12.8 Å². The average Bonchev–Trinajstić information content (AvgIpc) is 2.77. The molecule has 2 atom stereocenters. The van der Waals surface area contributed by atoms with Gasteiger partial charge < -0.3 is 0 Å². The Morgan fingerprint density at radius 2 is 1.67 bits per heavy atom. The van der Waals surface area contributed by atoms with Gasteiger partial charge in [0.2, 0.25) is 0 Å². The molecule has 2 aromatic carbocycles. The first-order valence-corrected chi connectivity index (χ1v) is 11.1. The summed E-state index contributed by atoms with van der Waals surface area (Å²) in [4.78, 5) is 2.25. The molecule has 2 aromatic rings. The van der Waals surface area contributed by atoms with Crippen molar-refractivity contribution in [3.8, 4) is 6.07 Å². The second-order valence-electron chi connectivity index (χ2n) is 8.80. The third kappa shape index (κ3) is 4.90. The van der Waals surface area contributed by atoms with Crippen LogP contribution in [0.2, 0.25) is 0 Å². The molecule has 0 amide bonds. The van der Waals surface area contributed by atoms with Crippen LogP contribution >= 0.6 is 0 Å². The number of rotatable bonds is 8. The normalized spacial score (nSPS) is 18.0. The molecule has 1 aliphatic carbocycles. The van der Waals surface area contributed by atoms with Gasteiger partial charge in [0, 0.05) is 18.2 Å². The first-order chi connectivity index (χ1) is 14.5. The van der Waals surface area contributed by atoms with E-state index in [1.54, 1.807) is 0 Å². The predicted octanol–water partition coefficient (Wildman–Crippen LogP) is 6.61. The molecular formula is C26H32F2N2. The quantitative estimate of drug-likeness (QED) is 0.490. The molecular weight excluding hydrogens is 378 g/mol. The Morgan fingerprint density at radius 3 is 2.27 bits per heavy atom. The minimum absolute atomic E-state index is 0.00530. The molecule has 30 heavy (non-hydrogen) atoms. The van der Waals surface area contributed by atoms with Crippen LogP contribution < -0.4 is 0 Å². The Labute approximate surface area is 179 Å². The molecule has 0 bridgehead atoms. The molecule has 2 unspecified atom stereocenters. The van der Waals surface area contributed by atoms with Gasteiger partial charge >= 0.3 is 0 Å². The number of hydrogen-bond donors (Lipinski definition) is 0. The molecule has 2 nitrogen and oxygen atoms in total. The van der Waals surface area contributed by atoms with Crippen LogP contribution in [0.1, 0.15) is 63.0 Å². The summed E-state index contributed by atoms with van der Waals surface area (Å²) in [5, 5.41) is 10.3. The molecule has 1 fully saturated rings. The molecule has 3 rings (SSSR count). The molecule has 0 N–H and O–H groups in total. The smallest absolute Gasteiger partial charge is 0.130 e. The zero-order chi connectivity index (χ0) is 21.6. The van der Waals surface area contributed by atoms with E-state index in [0.717, 1.165) is 38.6 Å². The zero-order valence-corrected chi connectivity index (χ0v) is 18.1. The fourth-order valence-electron chi connectivity index (χ4n) is 4.94. The van der Waals surface area contributed by atoms with Crippen LogP contribution in [0, 0.1) is 28.9 Å². The van der Waals surface area contributed by atoms with Crippen LogP contribution in [0.5, 0.6) is 0 Å². The average molecular weight is 411 g/mol. The van der Waals surface area contributed by atoms with Crippen molar-refractivity contribution in [1.29, 1.82) is 5.26 Å². The first kappa shape index (κ1) is 22.4. The monoisotopic (exact) mass is 410 g/mol. The van der Waals surface area contributed by atoms with Crippen LogP contribution in [0.4, 0.5) is 8.78 Å². The molecule has 0 aromatic heterocycles. The molecule has 1 aliphatic rings. The van der Waals surface area contributed by atoms with Crippen molar-refractivity contribution < 1.29 is 8.78 Å². The highest BCUT2D eigenvalue weighted by Gasteiger charge is 2.44. The number of halogens is 2. The Morgan fingerprint density at radius 1 is 1.03 bits per heavy atom. The van der Waals surface area contributed by atoms with E-state index >= 15 is 0 Å². The van der Waals surface area contributed by atoms with Gasteiger partial charge in [-0.2, -0.15) is 5.26 Å². The van der Waals surface area contributed by atoms with Crippen molar-refractivity contribution in [1.82, 2.24) is 4.90 Å². The van der Waals surface area contributed by atoms with Crippen LogP contribution in [-0.4, -0.2) is 18.0 Å². The van der Waals surface area contributed by atoms with Crippen molar-refractivity contribution in [2.24, 2.45) is 5.92 Å². The Bertz CT molecular complexity index is 835. The molecule has 0 heterocycles. The van der Waals surface area contributed by atoms with E-state index in [9.17, 15) is 14.0 Å². The molecule has 0 radical (unpaired) electrons. The van der Waals surface area contributed by atoms with Gasteiger partial charge in [-0.15, -0.1) is 0 Å². The first-order valence-electron chi connectivity index (χ1n) is 11.1. The van der Waals surface area contributed by atoms with Crippen LogP contribution in [-0.2, 0) is 12.0 Å². The molecule has 160 valence electrons. The van der Waals surface area contributed by atoms with Gasteiger partial charge in [0.05, 0.1) is 11.5 Å². The predicted molar refractivity (Wildman–Crippen MR) is 117 cm³/mol. The van der Waals surface area contributed by atoms with Gasteiger partial charge in [-0.3, -0.25) is 4.90 Å². The Kier molecular flexibility index (Phi) is 7.61. The van der Waals surface area contributed by atoms with Crippen LogP contribution in [0.3, 0.4) is 0 Å². The lowest BCUT2D eigenvalue weighted by Crippen LogP contribution is -2.39. The minimum Gasteiger partial charge on any atom is -0.299 e. The van der Waals surface area contributed by atoms with E-state index in [2.05, 4.69) is 37.1 Å². The van der Waals surface area contributed by atoms with Crippen LogP contribution in [0.15, 0.2) is 48.5 Å². The second kappa shape index (κ2) is 10.2. The van der Waals surface area contributed by atoms with Gasteiger partial charge in [-0.25, -0.2) is 8.78 Å². The third-order valence-electron chi connectivity index (χ3n) is 6.89. The van der Waals surface area contributed by atoms with Crippen molar-refractivity contribution in [3.63, 3.8) is 0 Å². The van der Waals surface area contributed by atoms with Crippen molar-refractivity contribution in [2.75, 3.05) is 7.05 Å². The maximum Gasteiger partial charge on any atom is 0.130 e. The van der Waals surface area contributed by atoms with Gasteiger partial charge in [0.15, 0.2) is 0 Å². The van der Waals surface area contributed by atoms with Gasteiger partial charge in [-0.1, -0.05) is 55.7 Å². The summed E-state index contributed by atoms with van der Waals surface area (Å²) in [5.41, 5.74) is 0.0978. The zero-order valence-electron chi connectivity index (χ0n) is 18.1. The lowest BCUT2D eigenvalue weighted by Gasteiger charge is -2.39. The summed E-state index contributed by atoms with van der Waals surface area (Å²) >= 11 is 0. The largest absolute Gasteiger partial charge is 0.299 e. The number of benzene rings is 2. The van der Waals surface area contributed by atoms with Crippen molar-refractivity contribution in [3.05, 3.63) is 71.3 Å². The Balaban J connectivity index is 1.83. The second-order valence-corrected chi connectivity index (χ2v) is 8.80. The van der Waals surface area contributed by atoms with E-state index in [1.807, 2.05) is 18.2 Å². The molecule has 4 heteroatoms. The van der Waals surface area contributed by atoms with E-state index in [4.69, 9.17) is 0 Å². The SMILES string of the molecule is CC(CCC(C#N)(c1c(F)cccc1F)C1CCCCC1)N(C)Cc1ccccc1. The summed E-state index contributed by atoms with van der Waals surface area (Å²) in [7, 11) is 2.07. The molecule has 0 aliphatic heterocycles. The van der Waals surface area contributed by atoms with Crippen molar-refractivity contribution >= 4 is 0 Å². The maximum atomic E-state index is 14.9. The standard InChI is InChI=1S/C26H32F2N2/c1-20(30(2)18-21-10-5-3-6-11-21)16-17-26(19-29,22-12-7-4-8-13-22)25-23(27)14-9-15-24(25)28/h3,5-6,9-11,14-15,20,22H,4,7-8,12-13,16-18H2,1-2H3. The highest BCUT2D eigenvalue weighted by molar-refractivity contribution is 5.36. The van der Waals surface area contributed by atoms with E-state index in [1.165, 1.54) is 23.8 Å². The number of hydrogen-bond acceptors (Lipinski definition) is 2. The third-order valence-corrected chi connectivity index (χ3v) is 6.89. The fourth-order valence-corrected chi connectivity index (χ4v) is 4.94. The maximum absolute atomic E-state index is 14.9. The summed E-state index contributed by atoms with van der Waals surface area (Å²) in [5.74, 6) is -1.19. The Hall–Kier alpha value is -2.25. The van der Waals surface area contributed by atoms with Gasteiger partial charge in [0.1, 0.15) is 11.6 Å². The highest BCUT2D eigenvalue weighted by Crippen LogP contribution is 2.46. The van der Waals surface area contributed by atoms with E-state index < -0.39 is 17.0 Å². The summed E-state index contributed by atoms with van der Waals surface area (Å²) in [6.07, 6.45) is 6.06. The van der Waals surface area contributed by atoms with Gasteiger partial charge in [0.25, 0.3) is 0 Å². The van der Waals surface area contributed by atoms with Crippen LogP contribution in [0.25, 0.3) is 0 Å². The van der Waals surface area contributed by atoms with E-state index in [-0.39, 0.29) is 17.5 Å². The summed E-state index contributed by atoms with van der Waals surface area (Å²) < 4.78 is 29.7. The van der Waals surface area contributed by atoms with Crippen molar-refractivity contribution in [2.45, 2.75) is 69.9 Å².